The highest BCUT2D eigenvalue weighted by molar-refractivity contribution is 5.87. The average molecular weight is 339 g/mol. The van der Waals surface area contributed by atoms with Crippen molar-refractivity contribution in [1.29, 1.82) is 0 Å². The molecule has 5 nitrogen and oxygen atoms in total. The molecule has 0 aliphatic carbocycles. The van der Waals surface area contributed by atoms with E-state index in [9.17, 15) is 9.59 Å². The molecule has 3 rings (SSSR count). The second kappa shape index (κ2) is 7.94. The summed E-state index contributed by atoms with van der Waals surface area (Å²) in [5, 5.41) is 11.8. The van der Waals surface area contributed by atoms with Crippen LogP contribution in [0.3, 0.4) is 0 Å². The molecule has 0 saturated heterocycles. The Kier molecular flexibility index (Phi) is 5.46. The van der Waals surface area contributed by atoms with Gasteiger partial charge in [0.25, 0.3) is 0 Å². The number of aromatic carboxylic acids is 1. The number of hydrogen-bond donors (Lipinski definition) is 2. The smallest absolute Gasteiger partial charge is 0.335 e. The molecule has 0 fully saturated rings. The Morgan fingerprint density at radius 1 is 1.12 bits per heavy atom. The first-order valence-corrected chi connectivity index (χ1v) is 8.42. The standard InChI is InChI=1S/C20H21NO4/c22-19(13-18-17-4-2-1-3-15(17)10-12-25-18)21-11-9-14-5-7-16(8-6-14)20(23)24/h1-8,18H,9-13H2,(H,21,22)(H,23,24). The summed E-state index contributed by atoms with van der Waals surface area (Å²) >= 11 is 0. The number of carboxylic acids is 1. The van der Waals surface area contributed by atoms with Crippen molar-refractivity contribution < 1.29 is 19.4 Å². The van der Waals surface area contributed by atoms with Crippen LogP contribution < -0.4 is 5.32 Å². The lowest BCUT2D eigenvalue weighted by Crippen LogP contribution is -2.29. The molecule has 0 bridgehead atoms. The van der Waals surface area contributed by atoms with E-state index in [0.29, 0.717) is 26.0 Å². The second-order valence-electron chi connectivity index (χ2n) is 6.11. The highest BCUT2D eigenvalue weighted by atomic mass is 16.5. The summed E-state index contributed by atoms with van der Waals surface area (Å²) in [7, 11) is 0. The molecular formula is C20H21NO4. The van der Waals surface area contributed by atoms with Gasteiger partial charge in [0, 0.05) is 6.54 Å². The molecule has 1 atom stereocenters. The Morgan fingerprint density at radius 3 is 2.64 bits per heavy atom. The van der Waals surface area contributed by atoms with Gasteiger partial charge in [-0.2, -0.15) is 0 Å². The molecule has 5 heteroatoms. The quantitative estimate of drug-likeness (QED) is 0.848. The van der Waals surface area contributed by atoms with Crippen LogP contribution in [0.15, 0.2) is 48.5 Å². The summed E-state index contributed by atoms with van der Waals surface area (Å²) in [5.41, 5.74) is 3.61. The zero-order valence-electron chi connectivity index (χ0n) is 13.9. The van der Waals surface area contributed by atoms with Gasteiger partial charge in [-0.3, -0.25) is 4.79 Å². The van der Waals surface area contributed by atoms with Gasteiger partial charge in [-0.1, -0.05) is 36.4 Å². The predicted molar refractivity (Wildman–Crippen MR) is 93.6 cm³/mol. The van der Waals surface area contributed by atoms with Crippen molar-refractivity contribution in [2.24, 2.45) is 0 Å². The fourth-order valence-corrected chi connectivity index (χ4v) is 3.05. The maximum Gasteiger partial charge on any atom is 0.335 e. The number of rotatable bonds is 6. The number of nitrogens with one attached hydrogen (secondary N) is 1. The van der Waals surface area contributed by atoms with E-state index >= 15 is 0 Å². The second-order valence-corrected chi connectivity index (χ2v) is 6.11. The lowest BCUT2D eigenvalue weighted by molar-refractivity contribution is -0.124. The number of ether oxygens (including phenoxy) is 1. The maximum absolute atomic E-state index is 12.2. The first kappa shape index (κ1) is 17.2. The molecule has 0 saturated carbocycles. The summed E-state index contributed by atoms with van der Waals surface area (Å²) < 4.78 is 5.76. The third-order valence-corrected chi connectivity index (χ3v) is 4.40. The summed E-state index contributed by atoms with van der Waals surface area (Å²) in [5.74, 6) is -0.975. The fraction of sp³-hybridized carbons (Fsp3) is 0.300. The molecule has 0 aromatic heterocycles. The molecule has 2 N–H and O–H groups in total. The number of carboxylic acid groups (broad SMARTS) is 1. The molecule has 1 amide bonds. The van der Waals surface area contributed by atoms with Gasteiger partial charge >= 0.3 is 5.97 Å². The highest BCUT2D eigenvalue weighted by Gasteiger charge is 2.22. The van der Waals surface area contributed by atoms with Crippen LogP contribution >= 0.6 is 0 Å². The van der Waals surface area contributed by atoms with E-state index in [2.05, 4.69) is 11.4 Å². The van der Waals surface area contributed by atoms with Gasteiger partial charge in [-0.25, -0.2) is 4.79 Å². The number of carbonyl (C=O) groups excluding carboxylic acids is 1. The minimum Gasteiger partial charge on any atom is -0.478 e. The average Bonchev–Trinajstić information content (AvgIpc) is 2.62. The molecule has 2 aromatic carbocycles. The van der Waals surface area contributed by atoms with E-state index in [1.807, 2.05) is 18.2 Å². The Bertz CT molecular complexity index is 755. The maximum atomic E-state index is 12.2. The lowest BCUT2D eigenvalue weighted by atomic mass is 9.95. The van der Waals surface area contributed by atoms with E-state index in [-0.39, 0.29) is 17.6 Å². The van der Waals surface area contributed by atoms with E-state index in [0.717, 1.165) is 17.5 Å². The number of amides is 1. The van der Waals surface area contributed by atoms with Gasteiger partial charge in [0.2, 0.25) is 5.91 Å². The first-order chi connectivity index (χ1) is 12.1. The van der Waals surface area contributed by atoms with Crippen molar-refractivity contribution in [2.45, 2.75) is 25.4 Å². The van der Waals surface area contributed by atoms with Crippen LogP contribution in [-0.4, -0.2) is 30.1 Å². The van der Waals surface area contributed by atoms with Crippen LogP contribution in [0.2, 0.25) is 0 Å². The largest absolute Gasteiger partial charge is 0.478 e. The van der Waals surface area contributed by atoms with Crippen LogP contribution in [0, 0.1) is 0 Å². The van der Waals surface area contributed by atoms with Gasteiger partial charge in [0.1, 0.15) is 0 Å². The number of hydrogen-bond acceptors (Lipinski definition) is 3. The van der Waals surface area contributed by atoms with Crippen molar-refractivity contribution in [3.63, 3.8) is 0 Å². The summed E-state index contributed by atoms with van der Waals surface area (Å²) in [4.78, 5) is 23.0. The predicted octanol–water partition coefficient (Wildman–Crippen LogP) is 2.75. The van der Waals surface area contributed by atoms with E-state index in [4.69, 9.17) is 9.84 Å². The molecule has 0 spiro atoms. The Hall–Kier alpha value is -2.66. The number of fused-ring (bicyclic) bond motifs is 1. The first-order valence-electron chi connectivity index (χ1n) is 8.42. The molecule has 1 aliphatic rings. The molecule has 1 heterocycles. The van der Waals surface area contributed by atoms with Crippen LogP contribution in [0.5, 0.6) is 0 Å². The Balaban J connectivity index is 1.48. The monoisotopic (exact) mass is 339 g/mol. The van der Waals surface area contributed by atoms with Crippen LogP contribution in [0.1, 0.15) is 39.6 Å². The van der Waals surface area contributed by atoms with Gasteiger partial charge in [-0.05, 0) is 41.7 Å². The van der Waals surface area contributed by atoms with E-state index in [1.54, 1.807) is 24.3 Å². The summed E-state index contributed by atoms with van der Waals surface area (Å²) in [6.07, 6.45) is 1.68. The van der Waals surface area contributed by atoms with E-state index < -0.39 is 5.97 Å². The number of carbonyl (C=O) groups is 2. The topological polar surface area (TPSA) is 75.6 Å². The minimum absolute atomic E-state index is 0.0381. The van der Waals surface area contributed by atoms with Crippen LogP contribution in [0.4, 0.5) is 0 Å². The van der Waals surface area contributed by atoms with Gasteiger partial charge in [0.15, 0.2) is 0 Å². The van der Waals surface area contributed by atoms with Gasteiger partial charge < -0.3 is 15.2 Å². The molecule has 25 heavy (non-hydrogen) atoms. The molecule has 1 aliphatic heterocycles. The third-order valence-electron chi connectivity index (χ3n) is 4.40. The molecule has 0 radical (unpaired) electrons. The van der Waals surface area contributed by atoms with Crippen molar-refractivity contribution >= 4 is 11.9 Å². The highest BCUT2D eigenvalue weighted by Crippen LogP contribution is 2.29. The van der Waals surface area contributed by atoms with Crippen molar-refractivity contribution in [3.05, 3.63) is 70.8 Å². The SMILES string of the molecule is O=C(CC1OCCc2ccccc21)NCCc1ccc(C(=O)O)cc1. The van der Waals surface area contributed by atoms with Crippen LogP contribution in [0.25, 0.3) is 0 Å². The number of benzene rings is 2. The minimum atomic E-state index is -0.937. The molecule has 1 unspecified atom stereocenters. The molecule has 130 valence electrons. The third kappa shape index (κ3) is 4.45. The zero-order chi connectivity index (χ0) is 17.6. The normalized spacial score (nSPS) is 16.1. The van der Waals surface area contributed by atoms with Crippen molar-refractivity contribution in [2.75, 3.05) is 13.2 Å². The van der Waals surface area contributed by atoms with E-state index in [1.165, 1.54) is 5.56 Å². The molecule has 2 aromatic rings. The molecular weight excluding hydrogens is 318 g/mol. The summed E-state index contributed by atoms with van der Waals surface area (Å²) in [6.45, 7) is 1.16. The van der Waals surface area contributed by atoms with Gasteiger partial charge in [-0.15, -0.1) is 0 Å². The Morgan fingerprint density at radius 2 is 1.88 bits per heavy atom. The van der Waals surface area contributed by atoms with Gasteiger partial charge in [0.05, 0.1) is 24.7 Å². The summed E-state index contributed by atoms with van der Waals surface area (Å²) in [6, 6.07) is 14.8. The fourth-order valence-electron chi connectivity index (χ4n) is 3.05. The Labute approximate surface area is 146 Å². The van der Waals surface area contributed by atoms with Crippen molar-refractivity contribution in [3.8, 4) is 0 Å². The zero-order valence-corrected chi connectivity index (χ0v) is 13.9. The van der Waals surface area contributed by atoms with Crippen molar-refractivity contribution in [1.82, 2.24) is 5.32 Å². The van der Waals surface area contributed by atoms with Crippen LogP contribution in [-0.2, 0) is 22.4 Å². The lowest BCUT2D eigenvalue weighted by Gasteiger charge is -2.25.